The zero-order chi connectivity index (χ0) is 22.1. The van der Waals surface area contributed by atoms with E-state index in [9.17, 15) is 9.59 Å². The fourth-order valence-corrected chi connectivity index (χ4v) is 4.10. The number of imide groups is 1. The summed E-state index contributed by atoms with van der Waals surface area (Å²) in [5.41, 5.74) is 5.22. The van der Waals surface area contributed by atoms with Crippen LogP contribution in [-0.4, -0.2) is 23.8 Å². The van der Waals surface area contributed by atoms with Gasteiger partial charge in [0.25, 0.3) is 11.8 Å². The third-order valence-electron chi connectivity index (χ3n) is 5.44. The molecule has 0 bridgehead atoms. The summed E-state index contributed by atoms with van der Waals surface area (Å²) >= 11 is 6.01. The Morgan fingerprint density at radius 2 is 1.55 bits per heavy atom. The summed E-state index contributed by atoms with van der Waals surface area (Å²) < 4.78 is 0. The van der Waals surface area contributed by atoms with Crippen molar-refractivity contribution in [1.29, 1.82) is 0 Å². The maximum absolute atomic E-state index is 13.6. The van der Waals surface area contributed by atoms with Gasteiger partial charge in [-0.1, -0.05) is 65.7 Å². The molecule has 0 saturated carbocycles. The number of nitrogens with zero attached hydrogens (tertiary/aromatic N) is 2. The molecule has 5 heteroatoms. The lowest BCUT2D eigenvalue weighted by atomic mass is 9.97. The number of rotatable bonds is 5. The van der Waals surface area contributed by atoms with Crippen molar-refractivity contribution in [2.24, 2.45) is 0 Å². The van der Waals surface area contributed by atoms with E-state index in [1.165, 1.54) is 4.90 Å². The highest BCUT2D eigenvalue weighted by atomic mass is 35.5. The van der Waals surface area contributed by atoms with Crippen LogP contribution in [0, 0.1) is 13.8 Å². The average molecular weight is 431 g/mol. The van der Waals surface area contributed by atoms with Crippen LogP contribution in [0.1, 0.15) is 22.3 Å². The molecule has 1 aliphatic heterocycles. The highest BCUT2D eigenvalue weighted by molar-refractivity contribution is 6.45. The van der Waals surface area contributed by atoms with Crippen LogP contribution in [0.15, 0.2) is 78.5 Å². The second-order valence-electron chi connectivity index (χ2n) is 7.81. The van der Waals surface area contributed by atoms with Crippen LogP contribution in [0.25, 0.3) is 5.57 Å². The molecule has 0 N–H and O–H groups in total. The molecule has 0 radical (unpaired) electrons. The predicted octanol–water partition coefficient (Wildman–Crippen LogP) is 5.37. The smallest absolute Gasteiger partial charge is 0.282 e. The molecule has 0 spiro atoms. The average Bonchev–Trinajstić information content (AvgIpc) is 3.00. The van der Waals surface area contributed by atoms with Gasteiger partial charge in [0.2, 0.25) is 0 Å². The van der Waals surface area contributed by atoms with E-state index in [2.05, 4.69) is 0 Å². The van der Waals surface area contributed by atoms with Gasteiger partial charge in [-0.3, -0.25) is 9.59 Å². The highest BCUT2D eigenvalue weighted by Gasteiger charge is 2.42. The molecule has 156 valence electrons. The van der Waals surface area contributed by atoms with E-state index in [1.54, 1.807) is 24.3 Å². The molecule has 3 aromatic carbocycles. The monoisotopic (exact) mass is 430 g/mol. The number of carbonyl (C=O) groups excluding carboxylic acids is 2. The SMILES string of the molecule is Cc1ccc(C2=C(N(C)Cc3ccccc3)C(=O)N(c3ccc(Cl)cc3)C2=O)c(C)c1. The number of hydrogen-bond donors (Lipinski definition) is 0. The summed E-state index contributed by atoms with van der Waals surface area (Å²) in [5, 5.41) is 0.548. The van der Waals surface area contributed by atoms with Crippen LogP contribution in [0.3, 0.4) is 0 Å². The molecular formula is C26H23ClN2O2. The van der Waals surface area contributed by atoms with Crippen molar-refractivity contribution in [3.8, 4) is 0 Å². The first kappa shape index (κ1) is 20.9. The van der Waals surface area contributed by atoms with Gasteiger partial charge in [0.05, 0.1) is 11.3 Å². The number of anilines is 1. The number of likely N-dealkylation sites (N-methyl/N-ethyl adjacent to an activating group) is 1. The minimum atomic E-state index is -0.333. The van der Waals surface area contributed by atoms with Gasteiger partial charge in [0, 0.05) is 18.6 Å². The van der Waals surface area contributed by atoms with Crippen molar-refractivity contribution in [3.63, 3.8) is 0 Å². The molecule has 1 heterocycles. The van der Waals surface area contributed by atoms with Gasteiger partial charge in [-0.15, -0.1) is 0 Å². The van der Waals surface area contributed by atoms with Gasteiger partial charge in [0.1, 0.15) is 5.70 Å². The molecule has 4 rings (SSSR count). The zero-order valence-corrected chi connectivity index (χ0v) is 18.5. The molecule has 0 unspecified atom stereocenters. The second-order valence-corrected chi connectivity index (χ2v) is 8.24. The number of hydrogen-bond acceptors (Lipinski definition) is 3. The van der Waals surface area contributed by atoms with Gasteiger partial charge >= 0.3 is 0 Å². The number of halogens is 1. The lowest BCUT2D eigenvalue weighted by molar-refractivity contribution is -0.120. The maximum atomic E-state index is 13.6. The Morgan fingerprint density at radius 3 is 2.19 bits per heavy atom. The van der Waals surface area contributed by atoms with Crippen molar-refractivity contribution in [3.05, 3.63) is 106 Å². The molecule has 2 amide bonds. The van der Waals surface area contributed by atoms with Crippen LogP contribution < -0.4 is 4.90 Å². The van der Waals surface area contributed by atoms with E-state index in [0.717, 1.165) is 22.3 Å². The van der Waals surface area contributed by atoms with E-state index in [-0.39, 0.29) is 11.8 Å². The molecule has 4 nitrogen and oxygen atoms in total. The van der Waals surface area contributed by atoms with E-state index in [4.69, 9.17) is 11.6 Å². The normalized spacial score (nSPS) is 13.9. The summed E-state index contributed by atoms with van der Waals surface area (Å²) in [6, 6.07) is 22.6. The summed E-state index contributed by atoms with van der Waals surface area (Å²) in [4.78, 5) is 30.3. The lowest BCUT2D eigenvalue weighted by Gasteiger charge is -2.22. The Hall–Kier alpha value is -3.37. The topological polar surface area (TPSA) is 40.6 Å². The Bertz CT molecular complexity index is 1180. The fourth-order valence-electron chi connectivity index (χ4n) is 3.97. The largest absolute Gasteiger partial charge is 0.365 e. The first-order valence-electron chi connectivity index (χ1n) is 10.1. The van der Waals surface area contributed by atoms with Crippen LogP contribution in [-0.2, 0) is 16.1 Å². The third kappa shape index (κ3) is 3.99. The van der Waals surface area contributed by atoms with Crippen molar-refractivity contribution >= 4 is 34.7 Å². The molecule has 3 aromatic rings. The quantitative estimate of drug-likeness (QED) is 0.511. The molecule has 0 atom stereocenters. The molecular weight excluding hydrogens is 408 g/mol. The highest BCUT2D eigenvalue weighted by Crippen LogP contribution is 2.36. The number of aryl methyl sites for hydroxylation is 2. The van der Waals surface area contributed by atoms with Crippen molar-refractivity contribution in [1.82, 2.24) is 4.90 Å². The Balaban J connectivity index is 1.83. The number of benzene rings is 3. The molecule has 31 heavy (non-hydrogen) atoms. The van der Waals surface area contributed by atoms with Gasteiger partial charge in [0.15, 0.2) is 0 Å². The molecule has 0 aliphatic carbocycles. The Morgan fingerprint density at radius 1 is 0.871 bits per heavy atom. The van der Waals surface area contributed by atoms with Crippen molar-refractivity contribution in [2.45, 2.75) is 20.4 Å². The van der Waals surface area contributed by atoms with Crippen molar-refractivity contribution < 1.29 is 9.59 Å². The minimum absolute atomic E-state index is 0.325. The van der Waals surface area contributed by atoms with Gasteiger partial charge in [-0.25, -0.2) is 4.90 Å². The van der Waals surface area contributed by atoms with Crippen LogP contribution in [0.5, 0.6) is 0 Å². The molecule has 1 aliphatic rings. The molecule has 0 saturated heterocycles. The number of amides is 2. The lowest BCUT2D eigenvalue weighted by Crippen LogP contribution is -2.34. The van der Waals surface area contributed by atoms with Gasteiger partial charge in [-0.2, -0.15) is 0 Å². The fraction of sp³-hybridized carbons (Fsp3) is 0.154. The van der Waals surface area contributed by atoms with Gasteiger partial charge < -0.3 is 4.90 Å². The summed E-state index contributed by atoms with van der Waals surface area (Å²) in [6.45, 7) is 4.49. The Labute approximate surface area is 187 Å². The van der Waals surface area contributed by atoms with Crippen LogP contribution in [0.2, 0.25) is 5.02 Å². The van der Waals surface area contributed by atoms with E-state index >= 15 is 0 Å². The second kappa shape index (κ2) is 8.40. The molecule has 0 fully saturated rings. The van der Waals surface area contributed by atoms with Crippen LogP contribution >= 0.6 is 11.6 Å². The van der Waals surface area contributed by atoms with E-state index in [1.807, 2.05) is 74.3 Å². The summed E-state index contributed by atoms with van der Waals surface area (Å²) in [6.07, 6.45) is 0. The summed E-state index contributed by atoms with van der Waals surface area (Å²) in [5.74, 6) is -0.657. The zero-order valence-electron chi connectivity index (χ0n) is 17.7. The van der Waals surface area contributed by atoms with E-state index < -0.39 is 0 Å². The molecule has 0 aromatic heterocycles. The minimum Gasteiger partial charge on any atom is -0.365 e. The first-order chi connectivity index (χ1) is 14.9. The van der Waals surface area contributed by atoms with Crippen molar-refractivity contribution in [2.75, 3.05) is 11.9 Å². The van der Waals surface area contributed by atoms with Gasteiger partial charge in [-0.05, 0) is 54.8 Å². The maximum Gasteiger partial charge on any atom is 0.282 e. The van der Waals surface area contributed by atoms with Crippen LogP contribution in [0.4, 0.5) is 5.69 Å². The first-order valence-corrected chi connectivity index (χ1v) is 10.5. The van der Waals surface area contributed by atoms with E-state index in [0.29, 0.717) is 28.5 Å². The Kier molecular flexibility index (Phi) is 5.66. The number of carbonyl (C=O) groups is 2. The summed E-state index contributed by atoms with van der Waals surface area (Å²) in [7, 11) is 1.85. The standard InChI is InChI=1S/C26H23ClN2O2/c1-17-9-14-22(18(2)15-17)23-24(28(3)16-19-7-5-4-6-8-19)26(31)29(25(23)30)21-12-10-20(27)11-13-21/h4-15H,16H2,1-3H3. The predicted molar refractivity (Wildman–Crippen MR) is 125 cm³/mol. The third-order valence-corrected chi connectivity index (χ3v) is 5.69.